The van der Waals surface area contributed by atoms with Crippen LogP contribution >= 0.6 is 11.8 Å². The molecular formula is C59H64O8S. The maximum atomic E-state index is 14.1. The van der Waals surface area contributed by atoms with Gasteiger partial charge in [0.05, 0.1) is 38.3 Å². The van der Waals surface area contributed by atoms with Crippen molar-refractivity contribution in [1.29, 1.82) is 0 Å². The summed E-state index contributed by atoms with van der Waals surface area (Å²) in [7, 11) is 1.60. The van der Waals surface area contributed by atoms with Crippen molar-refractivity contribution in [2.75, 3.05) is 20.5 Å². The predicted octanol–water partition coefficient (Wildman–Crippen LogP) is 12.4. The smallest absolute Gasteiger partial charge is 0.188 e. The zero-order valence-electron chi connectivity index (χ0n) is 39.6. The van der Waals surface area contributed by atoms with Crippen LogP contribution in [-0.4, -0.2) is 49.2 Å². The number of ether oxygens (including phenoxy) is 7. The molecule has 1 aliphatic heterocycles. The second-order valence-corrected chi connectivity index (χ2v) is 18.0. The van der Waals surface area contributed by atoms with Crippen molar-refractivity contribution in [3.63, 3.8) is 0 Å². The van der Waals surface area contributed by atoms with Crippen molar-refractivity contribution in [3.8, 4) is 11.5 Å². The van der Waals surface area contributed by atoms with Crippen LogP contribution in [0.5, 0.6) is 11.5 Å². The molecule has 0 aromatic heterocycles. The van der Waals surface area contributed by atoms with Gasteiger partial charge in [-0.15, -0.1) is 11.8 Å². The minimum absolute atomic E-state index is 0.169. The van der Waals surface area contributed by atoms with Crippen molar-refractivity contribution in [1.82, 2.24) is 0 Å². The van der Waals surface area contributed by atoms with Crippen LogP contribution in [0.4, 0.5) is 0 Å². The summed E-state index contributed by atoms with van der Waals surface area (Å²) in [6.45, 7) is 8.01. The highest BCUT2D eigenvalue weighted by atomic mass is 32.2. The topological polar surface area (TPSA) is 84.8 Å². The van der Waals surface area contributed by atoms with Crippen LogP contribution in [0.2, 0.25) is 0 Å². The van der Waals surface area contributed by atoms with Gasteiger partial charge in [-0.1, -0.05) is 178 Å². The minimum atomic E-state index is -1.74. The van der Waals surface area contributed by atoms with Crippen molar-refractivity contribution in [2.24, 2.45) is 0 Å². The summed E-state index contributed by atoms with van der Waals surface area (Å²) in [6, 6.07) is 62.6. The number of hydrogen-bond donors (Lipinski definition) is 1. The van der Waals surface area contributed by atoms with E-state index in [-0.39, 0.29) is 26.6 Å². The summed E-state index contributed by atoms with van der Waals surface area (Å²) in [5.41, 5.74) is 8.75. The second-order valence-electron chi connectivity index (χ2n) is 16.5. The fourth-order valence-electron chi connectivity index (χ4n) is 8.17. The molecule has 354 valence electrons. The Balaban J connectivity index is 0.00000338. The van der Waals surface area contributed by atoms with E-state index >= 15 is 0 Å². The molecule has 0 saturated carbocycles. The molecule has 0 radical (unpaired) electrons. The normalized spacial score (nSPS) is 18.8. The molecule has 8 nitrogen and oxygen atoms in total. The van der Waals surface area contributed by atoms with E-state index in [1.807, 2.05) is 153 Å². The third-order valence-corrected chi connectivity index (χ3v) is 13.2. The molecule has 7 aromatic carbocycles. The monoisotopic (exact) mass is 932 g/mol. The van der Waals surface area contributed by atoms with E-state index in [9.17, 15) is 5.11 Å². The van der Waals surface area contributed by atoms with E-state index in [0.29, 0.717) is 37.6 Å². The highest BCUT2D eigenvalue weighted by Gasteiger charge is 2.57. The maximum Gasteiger partial charge on any atom is 0.188 e. The molecule has 1 aliphatic rings. The Bertz CT molecular complexity index is 2490. The molecule has 7 aromatic rings. The molecule has 1 N–H and O–H groups in total. The first-order chi connectivity index (χ1) is 33.4. The summed E-state index contributed by atoms with van der Waals surface area (Å²) in [5.74, 6) is 1.28. The van der Waals surface area contributed by atoms with Gasteiger partial charge in [0.15, 0.2) is 11.7 Å². The Kier molecular flexibility index (Phi) is 19.3. The van der Waals surface area contributed by atoms with Gasteiger partial charge >= 0.3 is 0 Å². The first kappa shape index (κ1) is 50.1. The number of methoxy groups -OCH3 is 1. The van der Waals surface area contributed by atoms with E-state index in [0.717, 1.165) is 50.3 Å². The molecule has 5 atom stereocenters. The van der Waals surface area contributed by atoms with Gasteiger partial charge in [0.1, 0.15) is 36.4 Å². The first-order valence-corrected chi connectivity index (χ1v) is 24.3. The quantitative estimate of drug-likeness (QED) is 0.0668. The van der Waals surface area contributed by atoms with E-state index < -0.39 is 28.5 Å². The summed E-state index contributed by atoms with van der Waals surface area (Å²) < 4.78 is 45.4. The number of aryl methyl sites for hydroxylation is 1. The summed E-state index contributed by atoms with van der Waals surface area (Å²) in [5, 5.41) is 13.6. The molecule has 0 unspecified atom stereocenters. The van der Waals surface area contributed by atoms with E-state index in [4.69, 9.17) is 33.2 Å². The molecule has 8 rings (SSSR count). The van der Waals surface area contributed by atoms with Crippen molar-refractivity contribution in [3.05, 3.63) is 238 Å². The van der Waals surface area contributed by atoms with E-state index in [2.05, 4.69) is 55.5 Å². The van der Waals surface area contributed by atoms with Crippen LogP contribution in [0.1, 0.15) is 63.9 Å². The highest BCUT2D eigenvalue weighted by molar-refractivity contribution is 8.00. The largest absolute Gasteiger partial charge is 0.488 e. The van der Waals surface area contributed by atoms with Crippen LogP contribution < -0.4 is 9.47 Å². The molecule has 1 saturated heterocycles. The molecule has 0 spiro atoms. The Morgan fingerprint density at radius 2 is 0.985 bits per heavy atom. The Morgan fingerprint density at radius 1 is 0.515 bits per heavy atom. The molecule has 1 fully saturated rings. The number of rotatable bonds is 22. The predicted molar refractivity (Wildman–Crippen MR) is 271 cm³/mol. The number of benzene rings is 7. The Morgan fingerprint density at radius 3 is 1.50 bits per heavy atom. The molecular weight excluding hydrogens is 869 g/mol. The van der Waals surface area contributed by atoms with Gasteiger partial charge in [0, 0.05) is 12.7 Å². The number of thioether (sulfide) groups is 1. The lowest BCUT2D eigenvalue weighted by atomic mass is 9.89. The fraction of sp³-hybridized carbons (Fsp3) is 0.288. The summed E-state index contributed by atoms with van der Waals surface area (Å²) in [6.07, 6.45) is -1.71. The van der Waals surface area contributed by atoms with Crippen LogP contribution in [0, 0.1) is 6.92 Å². The Hall–Kier alpha value is -5.75. The van der Waals surface area contributed by atoms with Crippen LogP contribution in [0.15, 0.2) is 188 Å². The van der Waals surface area contributed by atoms with Crippen molar-refractivity contribution >= 4 is 11.8 Å². The third kappa shape index (κ3) is 13.9. The fourth-order valence-corrected chi connectivity index (χ4v) is 9.79. The van der Waals surface area contributed by atoms with Crippen LogP contribution in [0.25, 0.3) is 0 Å². The number of hydrogen-bond acceptors (Lipinski definition) is 9. The molecule has 0 aliphatic carbocycles. The van der Waals surface area contributed by atoms with Gasteiger partial charge in [0.2, 0.25) is 0 Å². The summed E-state index contributed by atoms with van der Waals surface area (Å²) in [4.78, 5) is -1.74. The number of aliphatic hydroxyl groups is 1. The third-order valence-electron chi connectivity index (χ3n) is 11.7. The van der Waals surface area contributed by atoms with Gasteiger partial charge in [-0.05, 0) is 82.1 Å². The van der Waals surface area contributed by atoms with Gasteiger partial charge in [0.25, 0.3) is 0 Å². The molecule has 9 heteroatoms. The van der Waals surface area contributed by atoms with Crippen molar-refractivity contribution in [2.45, 2.75) is 88.7 Å². The second kappa shape index (κ2) is 26.1. The zero-order chi connectivity index (χ0) is 47.4. The lowest BCUT2D eigenvalue weighted by molar-refractivity contribution is -0.199. The minimum Gasteiger partial charge on any atom is -0.488 e. The summed E-state index contributed by atoms with van der Waals surface area (Å²) >= 11 is 1.39. The molecule has 0 amide bonds. The molecule has 68 heavy (non-hydrogen) atoms. The lowest BCUT2D eigenvalue weighted by Crippen LogP contribution is -2.61. The van der Waals surface area contributed by atoms with Gasteiger partial charge < -0.3 is 38.3 Å². The zero-order valence-corrected chi connectivity index (χ0v) is 40.4. The Labute approximate surface area is 407 Å². The molecule has 1 heterocycles. The lowest BCUT2D eigenvalue weighted by Gasteiger charge is -2.50. The first-order valence-electron chi connectivity index (χ1n) is 23.4. The van der Waals surface area contributed by atoms with Gasteiger partial charge in [-0.2, -0.15) is 0 Å². The van der Waals surface area contributed by atoms with Crippen LogP contribution in [0.3, 0.4) is 0 Å². The van der Waals surface area contributed by atoms with Gasteiger partial charge in [-0.3, -0.25) is 0 Å². The average Bonchev–Trinajstić information content (AvgIpc) is 3.39. The molecule has 0 bridgehead atoms. The van der Waals surface area contributed by atoms with E-state index in [1.165, 1.54) is 11.8 Å². The maximum absolute atomic E-state index is 14.1. The standard InChI is InChI=1S/C57H58O8S.C2H6/c1-42-32-52(61-36-45-20-10-4-11-21-45)51(34-49(42)33-43-28-30-50(31-29-43)65-41-59-2)57(58)56(64-39-48-26-16-7-17-27-48)55(63-38-47-24-14-6-15-25-47)54(62-37-46-22-12-5-13-23-46)53(66-57)40-60-35-44-18-8-3-9-19-44;1-2/h3-32,34,53-56,58H,33,35-41H2,1-2H3;1-2H3/t53-,54-,55+,56-,57+;/m1./s1. The van der Waals surface area contributed by atoms with E-state index in [1.54, 1.807) is 7.11 Å². The van der Waals surface area contributed by atoms with Crippen molar-refractivity contribution < 1.29 is 38.3 Å². The average molecular weight is 933 g/mol. The SMILES string of the molecule is CC.COCOc1ccc(Cc2cc([C@]3(O)S[C@H](COCc4ccccc4)[C@@H](OCc4ccccc4)[C@H](OCc4ccccc4)[C@H]3OCc3ccccc3)c(OCc3ccccc3)cc2C)cc1. The highest BCUT2D eigenvalue weighted by Crippen LogP contribution is 2.53. The van der Waals surface area contributed by atoms with Gasteiger partial charge in [-0.25, -0.2) is 0 Å². The van der Waals surface area contributed by atoms with Crippen LogP contribution in [-0.2, 0) is 68.1 Å².